The number of phenolic OH excluding ortho intramolecular Hbond substituents is 1. The molecular formula is C20H24N2O4. The summed E-state index contributed by atoms with van der Waals surface area (Å²) in [5, 5.41) is 26.2. The van der Waals surface area contributed by atoms with Gasteiger partial charge in [0.25, 0.3) is 5.91 Å². The minimum absolute atomic E-state index is 0.0755. The van der Waals surface area contributed by atoms with Crippen LogP contribution in [0.1, 0.15) is 24.2 Å². The van der Waals surface area contributed by atoms with Crippen LogP contribution in [-0.4, -0.2) is 35.8 Å². The third kappa shape index (κ3) is 4.33. The molecule has 1 aliphatic rings. The van der Waals surface area contributed by atoms with Crippen molar-refractivity contribution in [2.75, 3.05) is 25.0 Å². The molecule has 0 saturated carbocycles. The smallest absolute Gasteiger partial charge is 0.262 e. The van der Waals surface area contributed by atoms with E-state index in [1.807, 2.05) is 18.2 Å². The zero-order valence-corrected chi connectivity index (χ0v) is 14.7. The van der Waals surface area contributed by atoms with E-state index in [0.29, 0.717) is 23.8 Å². The summed E-state index contributed by atoms with van der Waals surface area (Å²) >= 11 is 0. The first-order valence-electron chi connectivity index (χ1n) is 8.76. The van der Waals surface area contributed by atoms with Crippen molar-refractivity contribution in [3.05, 3.63) is 53.6 Å². The van der Waals surface area contributed by atoms with Crippen LogP contribution in [0, 0.1) is 5.92 Å². The maximum Gasteiger partial charge on any atom is 0.262 e. The van der Waals surface area contributed by atoms with Gasteiger partial charge in [-0.2, -0.15) is 0 Å². The summed E-state index contributed by atoms with van der Waals surface area (Å²) in [5.74, 6) is 0.353. The van der Waals surface area contributed by atoms with Gasteiger partial charge >= 0.3 is 0 Å². The number of amides is 1. The van der Waals surface area contributed by atoms with Crippen molar-refractivity contribution in [3.8, 4) is 11.5 Å². The Bertz CT molecular complexity index is 764. The quantitative estimate of drug-likeness (QED) is 0.571. The van der Waals surface area contributed by atoms with Gasteiger partial charge in [0.05, 0.1) is 6.10 Å². The summed E-state index contributed by atoms with van der Waals surface area (Å²) in [6.45, 7) is 3.16. The SMILES string of the molecule is CC(CNCC(O)c1ccc(O)c2c1OCC(=O)N2)Cc1ccccc1. The zero-order valence-electron chi connectivity index (χ0n) is 14.7. The van der Waals surface area contributed by atoms with Gasteiger partial charge in [-0.1, -0.05) is 37.3 Å². The first-order chi connectivity index (χ1) is 12.5. The number of hydrogen-bond donors (Lipinski definition) is 4. The molecule has 138 valence electrons. The van der Waals surface area contributed by atoms with Gasteiger partial charge in [0.2, 0.25) is 0 Å². The summed E-state index contributed by atoms with van der Waals surface area (Å²) in [4.78, 5) is 11.4. The van der Waals surface area contributed by atoms with Gasteiger partial charge in [-0.05, 0) is 36.6 Å². The molecule has 0 aromatic heterocycles. The molecule has 26 heavy (non-hydrogen) atoms. The average molecular weight is 356 g/mol. The van der Waals surface area contributed by atoms with Crippen LogP contribution < -0.4 is 15.4 Å². The molecular weight excluding hydrogens is 332 g/mol. The van der Waals surface area contributed by atoms with Crippen molar-refractivity contribution >= 4 is 11.6 Å². The number of aromatic hydroxyl groups is 1. The number of aliphatic hydroxyl groups is 1. The van der Waals surface area contributed by atoms with Crippen molar-refractivity contribution < 1.29 is 19.7 Å². The lowest BCUT2D eigenvalue weighted by atomic mass is 10.0. The fraction of sp³-hybridized carbons (Fsp3) is 0.350. The van der Waals surface area contributed by atoms with E-state index in [1.165, 1.54) is 11.6 Å². The number of nitrogens with one attached hydrogen (secondary N) is 2. The van der Waals surface area contributed by atoms with Crippen molar-refractivity contribution in [3.63, 3.8) is 0 Å². The number of fused-ring (bicyclic) bond motifs is 1. The number of carbonyl (C=O) groups excluding carboxylic acids is 1. The maximum atomic E-state index is 11.4. The highest BCUT2D eigenvalue weighted by molar-refractivity contribution is 5.97. The molecule has 0 bridgehead atoms. The van der Waals surface area contributed by atoms with Crippen LogP contribution in [0.5, 0.6) is 11.5 Å². The molecule has 2 atom stereocenters. The number of aliphatic hydroxyl groups excluding tert-OH is 1. The summed E-state index contributed by atoms with van der Waals surface area (Å²) in [6.07, 6.45) is 0.163. The van der Waals surface area contributed by atoms with E-state index in [-0.39, 0.29) is 24.0 Å². The molecule has 0 fully saturated rings. The van der Waals surface area contributed by atoms with E-state index in [2.05, 4.69) is 29.7 Å². The van der Waals surface area contributed by atoms with Gasteiger partial charge in [0.1, 0.15) is 11.4 Å². The Balaban J connectivity index is 1.56. The Hall–Kier alpha value is -2.57. The largest absolute Gasteiger partial charge is 0.506 e. The van der Waals surface area contributed by atoms with Crippen LogP contribution >= 0.6 is 0 Å². The van der Waals surface area contributed by atoms with Gasteiger partial charge in [-0.25, -0.2) is 0 Å². The van der Waals surface area contributed by atoms with E-state index in [9.17, 15) is 15.0 Å². The number of hydrogen-bond acceptors (Lipinski definition) is 5. The van der Waals surface area contributed by atoms with Crippen LogP contribution in [0.3, 0.4) is 0 Å². The van der Waals surface area contributed by atoms with Gasteiger partial charge in [0, 0.05) is 12.1 Å². The normalized spacial score (nSPS) is 15.5. The van der Waals surface area contributed by atoms with Crippen molar-refractivity contribution in [2.24, 2.45) is 5.92 Å². The molecule has 3 rings (SSSR count). The molecule has 2 aromatic rings. The number of carbonyl (C=O) groups is 1. The first kappa shape index (κ1) is 18.2. The predicted octanol–water partition coefficient (Wildman–Crippen LogP) is 2.22. The summed E-state index contributed by atoms with van der Waals surface area (Å²) in [5.41, 5.74) is 2.05. The van der Waals surface area contributed by atoms with Crippen LogP contribution in [0.4, 0.5) is 5.69 Å². The number of ether oxygens (including phenoxy) is 1. The molecule has 6 nitrogen and oxygen atoms in total. The molecule has 1 aliphatic heterocycles. The van der Waals surface area contributed by atoms with Crippen molar-refractivity contribution in [2.45, 2.75) is 19.4 Å². The van der Waals surface area contributed by atoms with E-state index < -0.39 is 6.10 Å². The summed E-state index contributed by atoms with van der Waals surface area (Å²) in [6, 6.07) is 13.4. The second kappa shape index (κ2) is 8.21. The fourth-order valence-corrected chi connectivity index (χ4v) is 3.11. The molecule has 6 heteroatoms. The van der Waals surface area contributed by atoms with Crippen molar-refractivity contribution in [1.82, 2.24) is 5.32 Å². The van der Waals surface area contributed by atoms with Crippen molar-refractivity contribution in [1.29, 1.82) is 0 Å². The molecule has 4 N–H and O–H groups in total. The standard InChI is InChI=1S/C20H24N2O4/c1-13(9-14-5-3-2-4-6-14)10-21-11-17(24)15-7-8-16(23)19-20(15)26-12-18(25)22-19/h2-8,13,17,21,23-24H,9-12H2,1H3,(H,22,25). The van der Waals surface area contributed by atoms with Gasteiger partial charge < -0.3 is 25.6 Å². The molecule has 0 saturated heterocycles. The fourth-order valence-electron chi connectivity index (χ4n) is 3.11. The highest BCUT2D eigenvalue weighted by atomic mass is 16.5. The van der Waals surface area contributed by atoms with Crippen LogP contribution in [0.25, 0.3) is 0 Å². The highest BCUT2D eigenvalue weighted by Gasteiger charge is 2.25. The Kier molecular flexibility index (Phi) is 5.75. The lowest BCUT2D eigenvalue weighted by molar-refractivity contribution is -0.118. The molecule has 1 heterocycles. The third-order valence-corrected chi connectivity index (χ3v) is 4.39. The first-order valence-corrected chi connectivity index (χ1v) is 8.76. The van der Waals surface area contributed by atoms with Crippen LogP contribution in [0.2, 0.25) is 0 Å². The molecule has 1 amide bonds. The summed E-state index contributed by atoms with van der Waals surface area (Å²) < 4.78 is 5.42. The van der Waals surface area contributed by atoms with Gasteiger partial charge in [0.15, 0.2) is 12.4 Å². The topological polar surface area (TPSA) is 90.8 Å². The Morgan fingerprint density at radius 1 is 1.19 bits per heavy atom. The number of anilines is 1. The third-order valence-electron chi connectivity index (χ3n) is 4.39. The lowest BCUT2D eigenvalue weighted by Gasteiger charge is -2.24. The Morgan fingerprint density at radius 2 is 1.96 bits per heavy atom. The number of benzene rings is 2. The molecule has 0 aliphatic carbocycles. The Labute approximate surface area is 152 Å². The van der Waals surface area contributed by atoms with Crippen LogP contribution in [-0.2, 0) is 11.2 Å². The lowest BCUT2D eigenvalue weighted by Crippen LogP contribution is -2.29. The second-order valence-corrected chi connectivity index (χ2v) is 6.68. The van der Waals surface area contributed by atoms with Gasteiger partial charge in [-0.15, -0.1) is 0 Å². The molecule has 0 spiro atoms. The number of phenols is 1. The van der Waals surface area contributed by atoms with E-state index in [4.69, 9.17) is 4.74 Å². The minimum Gasteiger partial charge on any atom is -0.506 e. The Morgan fingerprint density at radius 3 is 2.73 bits per heavy atom. The molecule has 2 aromatic carbocycles. The average Bonchev–Trinajstić information content (AvgIpc) is 2.63. The monoisotopic (exact) mass is 356 g/mol. The molecule has 2 unspecified atom stereocenters. The summed E-state index contributed by atoms with van der Waals surface area (Å²) in [7, 11) is 0. The predicted molar refractivity (Wildman–Crippen MR) is 99.4 cm³/mol. The highest BCUT2D eigenvalue weighted by Crippen LogP contribution is 2.41. The maximum absolute atomic E-state index is 11.4. The van der Waals surface area contributed by atoms with E-state index >= 15 is 0 Å². The molecule has 0 radical (unpaired) electrons. The minimum atomic E-state index is -0.803. The van der Waals surface area contributed by atoms with E-state index in [0.717, 1.165) is 13.0 Å². The van der Waals surface area contributed by atoms with Crippen LogP contribution in [0.15, 0.2) is 42.5 Å². The zero-order chi connectivity index (χ0) is 18.5. The number of rotatable bonds is 7. The second-order valence-electron chi connectivity index (χ2n) is 6.68. The van der Waals surface area contributed by atoms with Gasteiger partial charge in [-0.3, -0.25) is 4.79 Å². The van der Waals surface area contributed by atoms with E-state index in [1.54, 1.807) is 6.07 Å².